The van der Waals surface area contributed by atoms with Gasteiger partial charge in [-0.25, -0.2) is 4.79 Å². The maximum atomic E-state index is 13.4. The second-order valence-corrected chi connectivity index (χ2v) is 9.38. The fourth-order valence-electron chi connectivity index (χ4n) is 5.07. The molecule has 0 spiro atoms. The number of hydrogen-bond acceptors (Lipinski definition) is 6. The molecular weight excluding hydrogens is 456 g/mol. The van der Waals surface area contributed by atoms with E-state index in [4.69, 9.17) is 9.15 Å². The van der Waals surface area contributed by atoms with Crippen molar-refractivity contribution in [2.45, 2.75) is 33.6 Å². The molecule has 1 aromatic heterocycles. The number of aliphatic hydroxyl groups is 1. The van der Waals surface area contributed by atoms with Gasteiger partial charge in [-0.3, -0.25) is 0 Å². The molecule has 0 saturated carbocycles. The van der Waals surface area contributed by atoms with Crippen LogP contribution in [0.2, 0.25) is 0 Å². The van der Waals surface area contributed by atoms with Gasteiger partial charge in [0.15, 0.2) is 0 Å². The summed E-state index contributed by atoms with van der Waals surface area (Å²) in [6.45, 7) is 11.5. The summed E-state index contributed by atoms with van der Waals surface area (Å²) in [7, 11) is 0. The SMILES string of the molecule is C=C1Oc2c(C)cc(C)cc2C(O)=C1C(c1ccc(O)cc1)c1c(O)c2cc(C)cc(C)c2oc1=O. The third kappa shape index (κ3) is 3.62. The molecule has 0 fully saturated rings. The highest BCUT2D eigenvalue weighted by atomic mass is 16.5. The second-order valence-electron chi connectivity index (χ2n) is 9.38. The van der Waals surface area contributed by atoms with E-state index in [1.54, 1.807) is 24.3 Å². The van der Waals surface area contributed by atoms with Crippen molar-refractivity contribution in [3.63, 3.8) is 0 Å². The summed E-state index contributed by atoms with van der Waals surface area (Å²) in [4.78, 5) is 13.4. The Balaban J connectivity index is 1.88. The van der Waals surface area contributed by atoms with Crippen LogP contribution in [-0.4, -0.2) is 15.3 Å². The minimum Gasteiger partial charge on any atom is -0.508 e. The Kier molecular flexibility index (Phi) is 5.40. The van der Waals surface area contributed by atoms with E-state index < -0.39 is 11.5 Å². The number of rotatable bonds is 3. The minimum atomic E-state index is -0.992. The number of phenolic OH excluding ortho intramolecular Hbond substituents is 1. The van der Waals surface area contributed by atoms with Crippen LogP contribution in [0.4, 0.5) is 0 Å². The number of phenols is 1. The molecular formula is C30H26O6. The molecule has 1 aliphatic heterocycles. The van der Waals surface area contributed by atoms with Gasteiger partial charge in [-0.2, -0.15) is 0 Å². The second kappa shape index (κ2) is 8.34. The van der Waals surface area contributed by atoms with Gasteiger partial charge in [-0.1, -0.05) is 30.8 Å². The van der Waals surface area contributed by atoms with Gasteiger partial charge in [0.1, 0.15) is 34.3 Å². The van der Waals surface area contributed by atoms with Crippen molar-refractivity contribution in [3.8, 4) is 17.2 Å². The summed E-state index contributed by atoms with van der Waals surface area (Å²) in [5.41, 5.74) is 4.08. The van der Waals surface area contributed by atoms with E-state index in [0.29, 0.717) is 27.8 Å². The zero-order valence-electron chi connectivity index (χ0n) is 20.5. The number of aromatic hydroxyl groups is 2. The van der Waals surface area contributed by atoms with E-state index in [-0.39, 0.29) is 34.2 Å². The standard InChI is InChI=1S/C30H26O6/c1-14-10-16(3)28-21(12-14)26(32)23(18(5)35-28)24(19-6-8-20(31)9-7-19)25-27(33)22-13-15(2)11-17(4)29(22)36-30(25)34/h6-13,24,31-33H,5H2,1-4H3. The molecule has 0 saturated heterocycles. The third-order valence-electron chi connectivity index (χ3n) is 6.60. The number of ether oxygens (including phenoxy) is 1. The van der Waals surface area contributed by atoms with Gasteiger partial charge in [0.25, 0.3) is 0 Å². The van der Waals surface area contributed by atoms with E-state index in [9.17, 15) is 20.1 Å². The van der Waals surface area contributed by atoms with Crippen molar-refractivity contribution in [1.29, 1.82) is 0 Å². The fourth-order valence-corrected chi connectivity index (χ4v) is 5.07. The van der Waals surface area contributed by atoms with E-state index in [1.807, 2.05) is 39.8 Å². The molecule has 6 heteroatoms. The Labute approximate surface area is 208 Å². The molecule has 0 aliphatic carbocycles. The Morgan fingerprint density at radius 3 is 2.19 bits per heavy atom. The van der Waals surface area contributed by atoms with Gasteiger partial charge in [-0.15, -0.1) is 0 Å². The summed E-state index contributed by atoms with van der Waals surface area (Å²) < 4.78 is 11.8. The number of benzene rings is 3. The fraction of sp³-hybridized carbons (Fsp3) is 0.167. The molecule has 2 heterocycles. The molecule has 3 N–H and O–H groups in total. The molecule has 3 aromatic carbocycles. The van der Waals surface area contributed by atoms with Crippen LogP contribution < -0.4 is 10.4 Å². The molecule has 5 rings (SSSR count). The van der Waals surface area contributed by atoms with Crippen LogP contribution in [0.3, 0.4) is 0 Å². The summed E-state index contributed by atoms with van der Waals surface area (Å²) in [6, 6.07) is 13.5. The molecule has 1 atom stereocenters. The summed E-state index contributed by atoms with van der Waals surface area (Å²) in [5, 5.41) is 33.3. The number of aryl methyl sites for hydroxylation is 4. The van der Waals surface area contributed by atoms with E-state index >= 15 is 0 Å². The number of hydrogen-bond donors (Lipinski definition) is 3. The van der Waals surface area contributed by atoms with Crippen LogP contribution in [0, 0.1) is 27.7 Å². The first-order chi connectivity index (χ1) is 17.1. The molecule has 182 valence electrons. The normalized spacial score (nSPS) is 14.1. The van der Waals surface area contributed by atoms with Crippen molar-refractivity contribution in [2.75, 3.05) is 0 Å². The lowest BCUT2D eigenvalue weighted by Gasteiger charge is -2.29. The van der Waals surface area contributed by atoms with Crippen LogP contribution >= 0.6 is 0 Å². The summed E-state index contributed by atoms with van der Waals surface area (Å²) in [6.07, 6.45) is 0. The monoisotopic (exact) mass is 482 g/mol. The number of fused-ring (bicyclic) bond motifs is 2. The lowest BCUT2D eigenvalue weighted by Crippen LogP contribution is -2.21. The lowest BCUT2D eigenvalue weighted by molar-refractivity contribution is 0.396. The number of aliphatic hydroxyl groups excluding tert-OH is 1. The van der Waals surface area contributed by atoms with Gasteiger partial charge in [0, 0.05) is 5.57 Å². The maximum Gasteiger partial charge on any atom is 0.344 e. The van der Waals surface area contributed by atoms with Crippen molar-refractivity contribution in [1.82, 2.24) is 0 Å². The topological polar surface area (TPSA) is 100 Å². The van der Waals surface area contributed by atoms with Crippen LogP contribution in [-0.2, 0) is 0 Å². The van der Waals surface area contributed by atoms with Gasteiger partial charge >= 0.3 is 5.63 Å². The Bertz CT molecular complexity index is 1650. The zero-order chi connectivity index (χ0) is 25.9. The predicted octanol–water partition coefficient (Wildman–Crippen LogP) is 6.45. The molecule has 36 heavy (non-hydrogen) atoms. The highest BCUT2D eigenvalue weighted by molar-refractivity contribution is 5.88. The van der Waals surface area contributed by atoms with Crippen LogP contribution in [0.5, 0.6) is 17.2 Å². The van der Waals surface area contributed by atoms with Crippen LogP contribution in [0.1, 0.15) is 44.9 Å². The summed E-state index contributed by atoms with van der Waals surface area (Å²) in [5.74, 6) is -0.682. The average molecular weight is 483 g/mol. The molecule has 1 unspecified atom stereocenters. The Hall–Kier alpha value is -4.45. The first kappa shape index (κ1) is 23.3. The van der Waals surface area contributed by atoms with Crippen molar-refractivity contribution in [2.24, 2.45) is 0 Å². The van der Waals surface area contributed by atoms with E-state index in [1.165, 1.54) is 12.1 Å². The maximum absolute atomic E-state index is 13.4. The van der Waals surface area contributed by atoms with E-state index in [2.05, 4.69) is 6.58 Å². The summed E-state index contributed by atoms with van der Waals surface area (Å²) >= 11 is 0. The lowest BCUT2D eigenvalue weighted by atomic mass is 9.81. The highest BCUT2D eigenvalue weighted by Gasteiger charge is 2.36. The smallest absolute Gasteiger partial charge is 0.344 e. The largest absolute Gasteiger partial charge is 0.508 e. The van der Waals surface area contributed by atoms with Gasteiger partial charge < -0.3 is 24.5 Å². The predicted molar refractivity (Wildman–Crippen MR) is 139 cm³/mol. The minimum absolute atomic E-state index is 0.0343. The quantitative estimate of drug-likeness (QED) is 0.290. The van der Waals surface area contributed by atoms with Crippen LogP contribution in [0.15, 0.2) is 75.7 Å². The van der Waals surface area contributed by atoms with Crippen molar-refractivity contribution < 1.29 is 24.5 Å². The van der Waals surface area contributed by atoms with Gasteiger partial charge in [-0.05, 0) is 79.8 Å². The molecule has 4 aromatic rings. The first-order valence-corrected chi connectivity index (χ1v) is 11.5. The highest BCUT2D eigenvalue weighted by Crippen LogP contribution is 2.48. The first-order valence-electron chi connectivity index (χ1n) is 11.5. The van der Waals surface area contributed by atoms with E-state index in [0.717, 1.165) is 22.3 Å². The third-order valence-corrected chi connectivity index (χ3v) is 6.60. The number of allylic oxidation sites excluding steroid dienone is 1. The van der Waals surface area contributed by atoms with Crippen molar-refractivity contribution >= 4 is 16.7 Å². The molecule has 0 radical (unpaired) electrons. The molecule has 1 aliphatic rings. The Morgan fingerprint density at radius 1 is 0.861 bits per heavy atom. The molecule has 6 nitrogen and oxygen atoms in total. The Morgan fingerprint density at radius 2 is 1.50 bits per heavy atom. The average Bonchev–Trinajstić information content (AvgIpc) is 2.80. The van der Waals surface area contributed by atoms with Crippen LogP contribution in [0.25, 0.3) is 16.7 Å². The van der Waals surface area contributed by atoms with Gasteiger partial charge in [0.05, 0.1) is 22.4 Å². The molecule has 0 amide bonds. The zero-order valence-corrected chi connectivity index (χ0v) is 20.5. The molecule has 0 bridgehead atoms. The van der Waals surface area contributed by atoms with Crippen molar-refractivity contribution in [3.05, 3.63) is 116 Å². The van der Waals surface area contributed by atoms with Gasteiger partial charge in [0.2, 0.25) is 0 Å².